The van der Waals surface area contributed by atoms with Crippen LogP contribution in [-0.4, -0.2) is 16.8 Å². The monoisotopic (exact) mass is 482 g/mol. The van der Waals surface area contributed by atoms with Crippen molar-refractivity contribution < 1.29 is 9.18 Å². The van der Waals surface area contributed by atoms with E-state index in [1.807, 2.05) is 6.92 Å². The molecule has 0 spiro atoms. The lowest BCUT2D eigenvalue weighted by molar-refractivity contribution is -0.117. The molecule has 3 rings (SSSR count). The maximum Gasteiger partial charge on any atom is 0.231 e. The Morgan fingerprint density at radius 3 is 2.50 bits per heavy atom. The summed E-state index contributed by atoms with van der Waals surface area (Å²) in [6, 6.07) is 7.45. The van der Waals surface area contributed by atoms with Crippen LogP contribution in [0.5, 0.6) is 0 Å². The Hall–Kier alpha value is -0.750. The Balaban J connectivity index is 1.81. The van der Waals surface area contributed by atoms with Crippen LogP contribution in [-0.2, 0) is 11.3 Å². The summed E-state index contributed by atoms with van der Waals surface area (Å²) in [5.74, 6) is -2.19. The van der Waals surface area contributed by atoms with Crippen molar-refractivity contribution >= 4 is 69.6 Å². The molecule has 0 heterocycles. The fourth-order valence-electron chi connectivity index (χ4n) is 3.09. The minimum Gasteiger partial charge on any atom is -0.324 e. The highest BCUT2D eigenvalue weighted by atomic mass is 35.5. The van der Waals surface area contributed by atoms with Crippen molar-refractivity contribution in [1.82, 2.24) is 5.32 Å². The molecule has 1 aliphatic carbocycles. The Morgan fingerprint density at radius 2 is 1.86 bits per heavy atom. The van der Waals surface area contributed by atoms with Gasteiger partial charge in [-0.05, 0) is 36.4 Å². The van der Waals surface area contributed by atoms with E-state index in [2.05, 4.69) is 10.6 Å². The van der Waals surface area contributed by atoms with Crippen molar-refractivity contribution in [1.29, 1.82) is 0 Å². The molecule has 9 heteroatoms. The van der Waals surface area contributed by atoms with Crippen LogP contribution in [0.1, 0.15) is 24.0 Å². The first-order valence-corrected chi connectivity index (χ1v) is 10.4. The second-order valence-electron chi connectivity index (χ2n) is 6.46. The van der Waals surface area contributed by atoms with Gasteiger partial charge in [0.1, 0.15) is 10.2 Å². The van der Waals surface area contributed by atoms with Crippen LogP contribution in [0.3, 0.4) is 0 Å². The number of carbonyl (C=O) groups is 1. The number of nitrogens with one attached hydrogen (secondary N) is 2. The van der Waals surface area contributed by atoms with Crippen LogP contribution >= 0.6 is 58.0 Å². The molecule has 3 nitrogen and oxygen atoms in total. The molecule has 0 unspecified atom stereocenters. The molecular weight excluding hydrogens is 468 g/mol. The highest BCUT2D eigenvalue weighted by Gasteiger charge is 2.67. The van der Waals surface area contributed by atoms with E-state index in [1.165, 1.54) is 18.2 Å². The molecule has 1 fully saturated rings. The van der Waals surface area contributed by atoms with Crippen molar-refractivity contribution in [3.05, 3.63) is 62.3 Å². The lowest BCUT2D eigenvalue weighted by Crippen LogP contribution is -2.18. The molecule has 1 saturated carbocycles. The number of benzene rings is 2. The zero-order chi connectivity index (χ0) is 20.6. The fraction of sp³-hybridized carbons (Fsp3) is 0.316. The summed E-state index contributed by atoms with van der Waals surface area (Å²) in [5.41, 5.74) is 1.69. The molecule has 2 aromatic carbocycles. The van der Waals surface area contributed by atoms with E-state index >= 15 is 0 Å². The highest BCUT2D eigenvalue weighted by molar-refractivity contribution is 6.53. The molecule has 1 aliphatic rings. The van der Waals surface area contributed by atoms with Gasteiger partial charge in [0, 0.05) is 23.0 Å². The van der Waals surface area contributed by atoms with Gasteiger partial charge in [-0.2, -0.15) is 0 Å². The van der Waals surface area contributed by atoms with Gasteiger partial charge in [0.2, 0.25) is 5.91 Å². The molecule has 0 saturated heterocycles. The van der Waals surface area contributed by atoms with E-state index in [0.29, 0.717) is 33.4 Å². The third-order valence-corrected chi connectivity index (χ3v) is 6.65. The molecule has 28 heavy (non-hydrogen) atoms. The van der Waals surface area contributed by atoms with Gasteiger partial charge in [-0.1, -0.05) is 47.8 Å². The van der Waals surface area contributed by atoms with E-state index in [4.69, 9.17) is 58.0 Å². The number of halogens is 6. The summed E-state index contributed by atoms with van der Waals surface area (Å²) < 4.78 is 12.1. The van der Waals surface area contributed by atoms with Gasteiger partial charge in [-0.25, -0.2) is 4.39 Å². The first-order chi connectivity index (χ1) is 13.2. The lowest BCUT2D eigenvalue weighted by Gasteiger charge is -2.13. The smallest absolute Gasteiger partial charge is 0.231 e. The number of hydrogen-bond donors (Lipinski definition) is 2. The number of hydrogen-bond acceptors (Lipinski definition) is 2. The summed E-state index contributed by atoms with van der Waals surface area (Å²) in [6.45, 7) is 3.17. The Labute approximate surface area is 187 Å². The SMILES string of the molecule is CCNCc1c(Cl)ccc(NC(=O)[C@H]2[C@H](c3ccc(F)c(Cl)c3)C2(Cl)Cl)c1Cl. The van der Waals surface area contributed by atoms with Gasteiger partial charge >= 0.3 is 0 Å². The van der Waals surface area contributed by atoms with Gasteiger partial charge < -0.3 is 10.6 Å². The average molecular weight is 485 g/mol. The van der Waals surface area contributed by atoms with Gasteiger partial charge in [0.05, 0.1) is 21.7 Å². The molecule has 150 valence electrons. The zero-order valence-electron chi connectivity index (χ0n) is 14.6. The predicted octanol–water partition coefficient (Wildman–Crippen LogP) is 6.42. The largest absolute Gasteiger partial charge is 0.324 e. The van der Waals surface area contributed by atoms with Gasteiger partial charge in [-0.15, -0.1) is 23.2 Å². The normalized spacial score (nSPS) is 20.1. The number of rotatable bonds is 6. The van der Waals surface area contributed by atoms with E-state index in [1.54, 1.807) is 12.1 Å². The van der Waals surface area contributed by atoms with Crippen LogP contribution in [0.4, 0.5) is 10.1 Å². The average Bonchev–Trinajstić information content (AvgIpc) is 3.22. The van der Waals surface area contributed by atoms with Crippen molar-refractivity contribution in [2.24, 2.45) is 5.92 Å². The van der Waals surface area contributed by atoms with E-state index in [0.717, 1.165) is 6.54 Å². The van der Waals surface area contributed by atoms with Crippen molar-refractivity contribution in [2.45, 2.75) is 23.7 Å². The maximum absolute atomic E-state index is 13.4. The Kier molecular flexibility index (Phi) is 6.70. The van der Waals surface area contributed by atoms with E-state index in [-0.39, 0.29) is 5.02 Å². The highest BCUT2D eigenvalue weighted by Crippen LogP contribution is 2.65. The molecule has 0 aromatic heterocycles. The van der Waals surface area contributed by atoms with Crippen LogP contribution in [0, 0.1) is 11.7 Å². The fourth-order valence-corrected chi connectivity index (χ4v) is 4.66. The molecule has 2 aromatic rings. The molecule has 2 N–H and O–H groups in total. The standard InChI is InChI=1S/C19H16Cl5FN2O/c1-2-26-8-10-11(20)4-6-14(17(10)22)27-18(28)16-15(19(16,23)24)9-3-5-13(25)12(21)7-9/h3-7,15-16,26H,2,8H2,1H3,(H,27,28)/t15-,16+/m0/s1. The predicted molar refractivity (Wildman–Crippen MR) is 115 cm³/mol. The summed E-state index contributed by atoms with van der Waals surface area (Å²) in [4.78, 5) is 12.8. The zero-order valence-corrected chi connectivity index (χ0v) is 18.4. The van der Waals surface area contributed by atoms with Gasteiger partial charge in [0.15, 0.2) is 0 Å². The molecule has 0 bridgehead atoms. The second kappa shape index (κ2) is 8.55. The number of alkyl halides is 2. The van der Waals surface area contributed by atoms with Crippen LogP contribution in [0.25, 0.3) is 0 Å². The third kappa shape index (κ3) is 4.23. The minimum absolute atomic E-state index is 0.0542. The van der Waals surface area contributed by atoms with Gasteiger partial charge in [-0.3, -0.25) is 4.79 Å². The lowest BCUT2D eigenvalue weighted by atomic mass is 10.1. The second-order valence-corrected chi connectivity index (χ2v) is 9.10. The number of anilines is 1. The van der Waals surface area contributed by atoms with Crippen LogP contribution < -0.4 is 10.6 Å². The molecule has 0 radical (unpaired) electrons. The minimum atomic E-state index is -1.32. The van der Waals surface area contributed by atoms with E-state index < -0.39 is 27.9 Å². The molecule has 0 aliphatic heterocycles. The topological polar surface area (TPSA) is 41.1 Å². The maximum atomic E-state index is 13.4. The van der Waals surface area contributed by atoms with Gasteiger partial charge in [0.25, 0.3) is 0 Å². The quantitative estimate of drug-likeness (QED) is 0.465. The van der Waals surface area contributed by atoms with Crippen LogP contribution in [0.15, 0.2) is 30.3 Å². The third-order valence-electron chi connectivity index (χ3n) is 4.63. The molecule has 1 amide bonds. The molecular formula is C19H16Cl5FN2O. The number of carbonyl (C=O) groups excluding carboxylic acids is 1. The Morgan fingerprint density at radius 1 is 1.14 bits per heavy atom. The molecule has 2 atom stereocenters. The number of amides is 1. The van der Waals surface area contributed by atoms with Crippen molar-refractivity contribution in [3.63, 3.8) is 0 Å². The summed E-state index contributed by atoms with van der Waals surface area (Å²) in [5, 5.41) is 6.70. The summed E-state index contributed by atoms with van der Waals surface area (Å²) in [7, 11) is 0. The van der Waals surface area contributed by atoms with Crippen molar-refractivity contribution in [3.8, 4) is 0 Å². The van der Waals surface area contributed by atoms with Crippen LogP contribution in [0.2, 0.25) is 15.1 Å². The first kappa shape index (κ1) is 21.9. The summed E-state index contributed by atoms with van der Waals surface area (Å²) in [6.07, 6.45) is 0. The first-order valence-electron chi connectivity index (χ1n) is 8.49. The van der Waals surface area contributed by atoms with E-state index in [9.17, 15) is 9.18 Å². The Bertz CT molecular complexity index is 921. The summed E-state index contributed by atoms with van der Waals surface area (Å²) >= 11 is 31.1. The van der Waals surface area contributed by atoms with Crippen molar-refractivity contribution in [2.75, 3.05) is 11.9 Å².